The number of hydrogen-bond donors (Lipinski definition) is 0. The van der Waals surface area contributed by atoms with Gasteiger partial charge < -0.3 is 4.90 Å². The van der Waals surface area contributed by atoms with Crippen LogP contribution in [0.25, 0.3) is 10.9 Å². The average Bonchev–Trinajstić information content (AvgIpc) is 3.29. The lowest BCUT2D eigenvalue weighted by atomic mass is 9.83. The molecule has 0 bridgehead atoms. The first kappa shape index (κ1) is 15.3. The van der Waals surface area contributed by atoms with Crippen LogP contribution in [0, 0.1) is 6.92 Å². The van der Waals surface area contributed by atoms with Gasteiger partial charge in [0.15, 0.2) is 0 Å². The zero-order chi connectivity index (χ0) is 16.1. The Labute approximate surface area is 137 Å². The number of fused-ring (bicyclic) bond motifs is 1. The zero-order valence-corrected chi connectivity index (χ0v) is 14.4. The molecule has 1 aliphatic rings. The molecule has 3 nitrogen and oxygen atoms in total. The lowest BCUT2D eigenvalue weighted by Crippen LogP contribution is -2.25. The number of allylic oxidation sites excluding steroid dienone is 1. The van der Waals surface area contributed by atoms with Crippen LogP contribution in [0.1, 0.15) is 38.1 Å². The first-order chi connectivity index (χ1) is 10.3. The van der Waals surface area contributed by atoms with E-state index >= 15 is 0 Å². The minimum absolute atomic E-state index is 0.127. The zero-order valence-electron chi connectivity index (χ0n) is 13.7. The van der Waals surface area contributed by atoms with Crippen LogP contribution >= 0.6 is 11.6 Å². The van der Waals surface area contributed by atoms with Crippen molar-refractivity contribution in [3.05, 3.63) is 41.3 Å². The Kier molecular flexibility index (Phi) is 3.64. The molecule has 0 radical (unpaired) electrons. The van der Waals surface area contributed by atoms with Crippen molar-refractivity contribution in [3.63, 3.8) is 0 Å². The third-order valence-electron chi connectivity index (χ3n) is 4.56. The van der Waals surface area contributed by atoms with Gasteiger partial charge in [-0.05, 0) is 37.5 Å². The van der Waals surface area contributed by atoms with Gasteiger partial charge in [0.05, 0.1) is 5.52 Å². The van der Waals surface area contributed by atoms with Crippen LogP contribution in [0.3, 0.4) is 0 Å². The number of aryl methyl sites for hydroxylation is 1. The van der Waals surface area contributed by atoms with Gasteiger partial charge in [0.2, 0.25) is 0 Å². The highest BCUT2D eigenvalue weighted by molar-refractivity contribution is 6.34. The second kappa shape index (κ2) is 5.24. The summed E-state index contributed by atoms with van der Waals surface area (Å²) in [5.74, 6) is 0.697. The minimum Gasteiger partial charge on any atom is -0.371 e. The Bertz CT molecular complexity index is 748. The Morgan fingerprint density at radius 1 is 1.32 bits per heavy atom. The van der Waals surface area contributed by atoms with Gasteiger partial charge in [-0.1, -0.05) is 31.5 Å². The summed E-state index contributed by atoms with van der Waals surface area (Å²) in [6.45, 7) is 10.2. The molecule has 1 aliphatic carbocycles. The van der Waals surface area contributed by atoms with E-state index in [1.165, 1.54) is 24.1 Å². The van der Waals surface area contributed by atoms with Crippen LogP contribution < -0.4 is 4.90 Å². The summed E-state index contributed by atoms with van der Waals surface area (Å²) in [6, 6.07) is 4.91. The van der Waals surface area contributed by atoms with Crippen LogP contribution in [0.5, 0.6) is 0 Å². The lowest BCUT2D eigenvalue weighted by molar-refractivity contribution is 0.668. The highest BCUT2D eigenvalue weighted by Crippen LogP contribution is 2.40. The molecule has 1 aromatic carbocycles. The molecule has 1 saturated carbocycles. The molecule has 0 N–H and O–H groups in total. The van der Waals surface area contributed by atoms with Crippen LogP contribution in [0.4, 0.5) is 5.69 Å². The van der Waals surface area contributed by atoms with E-state index in [-0.39, 0.29) is 5.41 Å². The predicted molar refractivity (Wildman–Crippen MR) is 93.9 cm³/mol. The molecule has 0 saturated heterocycles. The predicted octanol–water partition coefficient (Wildman–Crippen LogP) is 4.65. The fraction of sp³-hybridized carbons (Fsp3) is 0.444. The summed E-state index contributed by atoms with van der Waals surface area (Å²) >= 11 is 6.34. The molecule has 1 aromatic heterocycles. The summed E-state index contributed by atoms with van der Waals surface area (Å²) in [5.41, 5.74) is 3.21. The van der Waals surface area contributed by atoms with Gasteiger partial charge in [-0.15, -0.1) is 6.58 Å². The minimum atomic E-state index is -0.127. The van der Waals surface area contributed by atoms with Crippen molar-refractivity contribution in [2.45, 2.75) is 45.1 Å². The van der Waals surface area contributed by atoms with Crippen molar-refractivity contribution >= 4 is 28.2 Å². The summed E-state index contributed by atoms with van der Waals surface area (Å²) in [7, 11) is 2.16. The number of nitrogens with zero attached hydrogens (tertiary/aromatic N) is 3. The van der Waals surface area contributed by atoms with E-state index in [9.17, 15) is 0 Å². The Morgan fingerprint density at radius 2 is 2.00 bits per heavy atom. The van der Waals surface area contributed by atoms with E-state index in [0.717, 1.165) is 10.9 Å². The summed E-state index contributed by atoms with van der Waals surface area (Å²) in [4.78, 5) is 11.2. The number of anilines is 1. The van der Waals surface area contributed by atoms with Gasteiger partial charge in [0.25, 0.3) is 0 Å². The SMILES string of the molecule is C=CC(C)(C)c1cc2nc(C)nc(Cl)c2cc1N(C)C1CC1. The largest absolute Gasteiger partial charge is 0.371 e. The van der Waals surface area contributed by atoms with Crippen LogP contribution in [-0.4, -0.2) is 23.1 Å². The van der Waals surface area contributed by atoms with Crippen LogP contribution in [0.2, 0.25) is 5.15 Å². The maximum Gasteiger partial charge on any atom is 0.140 e. The van der Waals surface area contributed by atoms with Gasteiger partial charge in [-0.25, -0.2) is 9.97 Å². The standard InChI is InChI=1S/C18H22ClN3/c1-6-18(3,4)14-10-15-13(17(19)21-11(2)20-15)9-16(14)22(5)12-7-8-12/h6,9-10,12H,1,7-8H2,2-5H3. The topological polar surface area (TPSA) is 29.0 Å². The van der Waals surface area contributed by atoms with Crippen LogP contribution in [-0.2, 0) is 5.41 Å². The molecule has 3 rings (SSSR count). The second-order valence-electron chi connectivity index (χ2n) is 6.72. The van der Waals surface area contributed by atoms with Crippen LogP contribution in [0.15, 0.2) is 24.8 Å². The Balaban J connectivity index is 2.29. The fourth-order valence-electron chi connectivity index (χ4n) is 2.81. The molecule has 1 fully saturated rings. The van der Waals surface area contributed by atoms with E-state index in [0.29, 0.717) is 17.0 Å². The molecule has 0 unspecified atom stereocenters. The first-order valence-electron chi connectivity index (χ1n) is 7.68. The molecular weight excluding hydrogens is 294 g/mol. The van der Waals surface area contributed by atoms with E-state index in [2.05, 4.69) is 54.5 Å². The third-order valence-corrected chi connectivity index (χ3v) is 4.85. The fourth-order valence-corrected chi connectivity index (χ4v) is 3.09. The summed E-state index contributed by atoms with van der Waals surface area (Å²) in [5, 5.41) is 1.44. The Morgan fingerprint density at radius 3 is 2.59 bits per heavy atom. The van der Waals surface area contributed by atoms with Gasteiger partial charge in [0, 0.05) is 29.6 Å². The molecular formula is C18H22ClN3. The summed E-state index contributed by atoms with van der Waals surface area (Å²) < 4.78 is 0. The van der Waals surface area contributed by atoms with Crippen molar-refractivity contribution in [1.29, 1.82) is 0 Å². The third kappa shape index (κ3) is 2.58. The van der Waals surface area contributed by atoms with Gasteiger partial charge >= 0.3 is 0 Å². The van der Waals surface area contributed by atoms with Crippen molar-refractivity contribution in [2.24, 2.45) is 0 Å². The van der Waals surface area contributed by atoms with Gasteiger partial charge in [0.1, 0.15) is 11.0 Å². The summed E-state index contributed by atoms with van der Waals surface area (Å²) in [6.07, 6.45) is 4.50. The van der Waals surface area contributed by atoms with E-state index in [4.69, 9.17) is 11.6 Å². The normalized spacial score (nSPS) is 15.1. The van der Waals surface area contributed by atoms with E-state index < -0.39 is 0 Å². The van der Waals surface area contributed by atoms with Crippen molar-refractivity contribution in [1.82, 2.24) is 9.97 Å². The number of aromatic nitrogens is 2. The maximum atomic E-state index is 6.34. The molecule has 0 atom stereocenters. The molecule has 4 heteroatoms. The molecule has 0 aliphatic heterocycles. The van der Waals surface area contributed by atoms with E-state index in [1.807, 2.05) is 13.0 Å². The number of hydrogen-bond acceptors (Lipinski definition) is 3. The molecule has 1 heterocycles. The lowest BCUT2D eigenvalue weighted by Gasteiger charge is -2.30. The molecule has 116 valence electrons. The number of halogens is 1. The van der Waals surface area contributed by atoms with Crippen molar-refractivity contribution in [2.75, 3.05) is 11.9 Å². The molecule has 0 amide bonds. The van der Waals surface area contributed by atoms with Crippen molar-refractivity contribution < 1.29 is 0 Å². The molecule has 0 spiro atoms. The monoisotopic (exact) mass is 315 g/mol. The van der Waals surface area contributed by atoms with Crippen molar-refractivity contribution in [3.8, 4) is 0 Å². The highest BCUT2D eigenvalue weighted by atomic mass is 35.5. The maximum absolute atomic E-state index is 6.34. The van der Waals surface area contributed by atoms with Gasteiger partial charge in [-0.2, -0.15) is 0 Å². The molecule has 22 heavy (non-hydrogen) atoms. The average molecular weight is 316 g/mol. The van der Waals surface area contributed by atoms with Gasteiger partial charge in [-0.3, -0.25) is 0 Å². The molecule has 2 aromatic rings. The number of rotatable bonds is 4. The second-order valence-corrected chi connectivity index (χ2v) is 7.07. The first-order valence-corrected chi connectivity index (χ1v) is 8.06. The number of benzene rings is 1. The highest BCUT2D eigenvalue weighted by Gasteiger charge is 2.31. The van der Waals surface area contributed by atoms with E-state index in [1.54, 1.807) is 0 Å². The quantitative estimate of drug-likeness (QED) is 0.607. The Hall–Kier alpha value is -1.61. The smallest absolute Gasteiger partial charge is 0.140 e.